The summed E-state index contributed by atoms with van der Waals surface area (Å²) in [7, 11) is 0. The number of rotatable bonds is 11. The quantitative estimate of drug-likeness (QED) is 0.185. The number of aromatic nitrogens is 1. The van der Waals surface area contributed by atoms with Crippen LogP contribution in [0.3, 0.4) is 0 Å². The van der Waals surface area contributed by atoms with Crippen LogP contribution in [0.25, 0.3) is 0 Å². The zero-order chi connectivity index (χ0) is 46.2. The van der Waals surface area contributed by atoms with Crippen LogP contribution in [0.1, 0.15) is 114 Å². The maximum absolute atomic E-state index is 13.3. The lowest BCUT2D eigenvalue weighted by Crippen LogP contribution is -2.50. The summed E-state index contributed by atoms with van der Waals surface area (Å²) in [6.07, 6.45) is 2.23. The summed E-state index contributed by atoms with van der Waals surface area (Å²) < 4.78 is 11.0. The SMILES string of the molecule is C[C@H](NC(=O)[C@H]1C[C@H](c2ccccc2)CN1C(=O)OC(C)(C)C)C(=O)CCc1cnc2c(c1)C(Cl)=NC2.C[C@H](NC(=O)[C@H]1C[C@H](c2ccccc2)CN1C(=O)OC(C)(C)C)C(=O)O. The fraction of sp³-hybridized carbons (Fsp3) is 0.489. The van der Waals surface area contributed by atoms with Gasteiger partial charge < -0.3 is 25.2 Å². The highest BCUT2D eigenvalue weighted by Crippen LogP contribution is 2.34. The number of nitrogens with zero attached hydrogens (tertiary/aromatic N) is 4. The van der Waals surface area contributed by atoms with Crippen molar-refractivity contribution in [3.8, 4) is 0 Å². The molecule has 0 spiro atoms. The minimum atomic E-state index is -1.13. The lowest BCUT2D eigenvalue weighted by atomic mass is 9.96. The number of carboxylic acid groups (broad SMARTS) is 1. The molecule has 4 amide bonds. The topological polar surface area (TPSA) is 197 Å². The van der Waals surface area contributed by atoms with Crippen LogP contribution in [0.5, 0.6) is 0 Å². The summed E-state index contributed by atoms with van der Waals surface area (Å²) in [5, 5.41) is 14.7. The van der Waals surface area contributed by atoms with Gasteiger partial charge in [-0.15, -0.1) is 0 Å². The molecule has 2 saturated heterocycles. The number of hydrogen-bond donors (Lipinski definition) is 3. The standard InChI is InChI=1S/C28H33ClN4O4.C19H26N2O5/c1-17(24(34)11-10-18-12-21-22(30-14-18)15-31-25(21)29)32-26(35)23-13-20(19-8-6-5-7-9-19)16-33(23)27(36)37-28(2,3)4;1-12(17(23)24)20-16(22)15-10-14(13-8-6-5-7-9-13)11-21(15)18(25)26-19(2,3)4/h5-9,12,14,17,20,23H,10-11,13,15-16H2,1-4H3,(H,32,35);5-9,12,14-15H,10-11H2,1-4H3,(H,20,22)(H,23,24)/t17-,20-,23+;12-,14-,15+/m00/s1. The molecule has 15 nitrogen and oxygen atoms in total. The number of aliphatic imine (C=N–C) groups is 1. The van der Waals surface area contributed by atoms with Gasteiger partial charge in [-0.3, -0.25) is 39.0 Å². The van der Waals surface area contributed by atoms with Gasteiger partial charge in [0.2, 0.25) is 11.8 Å². The van der Waals surface area contributed by atoms with E-state index in [2.05, 4.69) is 20.6 Å². The van der Waals surface area contributed by atoms with Crippen molar-refractivity contribution >= 4 is 52.5 Å². The smallest absolute Gasteiger partial charge is 0.410 e. The average molecular weight is 887 g/mol. The molecule has 3 aromatic rings. The van der Waals surface area contributed by atoms with Crippen LogP contribution in [0.4, 0.5) is 9.59 Å². The summed E-state index contributed by atoms with van der Waals surface area (Å²) in [6.45, 7) is 14.9. The highest BCUT2D eigenvalue weighted by Gasteiger charge is 2.44. The van der Waals surface area contributed by atoms with Gasteiger partial charge in [-0.25, -0.2) is 9.59 Å². The number of carboxylic acids is 1. The predicted molar refractivity (Wildman–Crippen MR) is 238 cm³/mol. The molecule has 0 aliphatic carbocycles. The van der Waals surface area contributed by atoms with Gasteiger partial charge in [0.15, 0.2) is 5.78 Å². The zero-order valence-corrected chi connectivity index (χ0v) is 38.0. The first-order valence-corrected chi connectivity index (χ1v) is 21.6. The molecule has 1 aromatic heterocycles. The van der Waals surface area contributed by atoms with Gasteiger partial charge in [-0.2, -0.15) is 0 Å². The number of fused-ring (bicyclic) bond motifs is 1. The van der Waals surface area contributed by atoms with Gasteiger partial charge in [-0.1, -0.05) is 72.3 Å². The van der Waals surface area contributed by atoms with Crippen LogP contribution in [-0.4, -0.2) is 109 Å². The van der Waals surface area contributed by atoms with Crippen LogP contribution >= 0.6 is 11.6 Å². The molecule has 6 atom stereocenters. The second-order valence-electron chi connectivity index (χ2n) is 18.2. The number of ketones is 1. The Bertz CT molecular complexity index is 2170. The molecule has 3 aliphatic heterocycles. The zero-order valence-electron chi connectivity index (χ0n) is 37.2. The molecular formula is C47H59ClN6O9. The van der Waals surface area contributed by atoms with Crippen molar-refractivity contribution in [3.63, 3.8) is 0 Å². The van der Waals surface area contributed by atoms with Gasteiger partial charge in [-0.05, 0) is 97.4 Å². The number of carbonyl (C=O) groups is 6. The van der Waals surface area contributed by atoms with Crippen molar-refractivity contribution in [1.29, 1.82) is 0 Å². The molecule has 0 bridgehead atoms. The molecule has 63 heavy (non-hydrogen) atoms. The molecule has 338 valence electrons. The van der Waals surface area contributed by atoms with Crippen molar-refractivity contribution < 1.29 is 43.3 Å². The summed E-state index contributed by atoms with van der Waals surface area (Å²) >= 11 is 6.12. The molecule has 4 heterocycles. The first-order valence-electron chi connectivity index (χ1n) is 21.2. The third-order valence-corrected chi connectivity index (χ3v) is 11.2. The second-order valence-corrected chi connectivity index (χ2v) is 18.6. The number of amides is 4. The van der Waals surface area contributed by atoms with Crippen molar-refractivity contribution in [2.75, 3.05) is 13.1 Å². The van der Waals surface area contributed by atoms with Crippen molar-refractivity contribution in [2.24, 2.45) is 4.99 Å². The molecule has 0 unspecified atom stereocenters. The van der Waals surface area contributed by atoms with Crippen LogP contribution in [0.2, 0.25) is 0 Å². The minimum absolute atomic E-state index is 0.00171. The van der Waals surface area contributed by atoms with Crippen molar-refractivity contribution in [3.05, 3.63) is 101 Å². The highest BCUT2D eigenvalue weighted by atomic mass is 35.5. The Hall–Kier alpha value is -5.83. The molecule has 3 aliphatic rings. The van der Waals surface area contributed by atoms with E-state index < -0.39 is 59.4 Å². The molecular weight excluding hydrogens is 828 g/mol. The number of pyridine rings is 1. The van der Waals surface area contributed by atoms with E-state index in [4.69, 9.17) is 26.2 Å². The highest BCUT2D eigenvalue weighted by molar-refractivity contribution is 6.70. The Kier molecular flexibility index (Phi) is 15.7. The van der Waals surface area contributed by atoms with Gasteiger partial charge in [0.05, 0.1) is 18.3 Å². The van der Waals surface area contributed by atoms with Crippen molar-refractivity contribution in [1.82, 2.24) is 25.4 Å². The van der Waals surface area contributed by atoms with Crippen LogP contribution in [0.15, 0.2) is 77.9 Å². The monoisotopic (exact) mass is 886 g/mol. The van der Waals surface area contributed by atoms with Gasteiger partial charge in [0.1, 0.15) is 34.5 Å². The van der Waals surface area contributed by atoms with Crippen LogP contribution in [-0.2, 0) is 41.6 Å². The Morgan fingerprint density at radius 1 is 0.762 bits per heavy atom. The molecule has 3 N–H and O–H groups in total. The number of Topliss-reactive ketones (excluding diaryl/α,β-unsaturated/α-hetero) is 1. The number of ether oxygens (including phenoxy) is 2. The largest absolute Gasteiger partial charge is 0.480 e. The maximum Gasteiger partial charge on any atom is 0.410 e. The fourth-order valence-electron chi connectivity index (χ4n) is 7.60. The third kappa shape index (κ3) is 13.3. The average Bonchev–Trinajstić information content (AvgIpc) is 3.97. The molecule has 6 rings (SSSR count). The van der Waals surface area contributed by atoms with E-state index in [1.807, 2.05) is 66.7 Å². The molecule has 2 aromatic carbocycles. The van der Waals surface area contributed by atoms with Gasteiger partial charge in [0, 0.05) is 43.1 Å². The predicted octanol–water partition coefficient (Wildman–Crippen LogP) is 6.75. The van der Waals surface area contributed by atoms with E-state index in [1.54, 1.807) is 54.7 Å². The first-order chi connectivity index (χ1) is 29.6. The van der Waals surface area contributed by atoms with Crippen LogP contribution < -0.4 is 10.6 Å². The summed E-state index contributed by atoms with van der Waals surface area (Å²) in [6, 6.07) is 18.1. The molecule has 0 radical (unpaired) electrons. The van der Waals surface area contributed by atoms with Crippen LogP contribution in [0, 0.1) is 0 Å². The lowest BCUT2D eigenvalue weighted by Gasteiger charge is -2.28. The van der Waals surface area contributed by atoms with Gasteiger partial charge >= 0.3 is 18.2 Å². The number of likely N-dealkylation sites (tertiary alicyclic amines) is 2. The fourth-order valence-corrected chi connectivity index (χ4v) is 7.82. The van der Waals surface area contributed by atoms with E-state index in [0.29, 0.717) is 44.1 Å². The van der Waals surface area contributed by atoms with E-state index in [9.17, 15) is 28.8 Å². The molecule has 0 saturated carbocycles. The Morgan fingerprint density at radius 2 is 1.22 bits per heavy atom. The molecule has 16 heteroatoms. The number of halogens is 1. The van der Waals surface area contributed by atoms with E-state index >= 15 is 0 Å². The van der Waals surface area contributed by atoms with Gasteiger partial charge in [0.25, 0.3) is 0 Å². The van der Waals surface area contributed by atoms with E-state index in [1.165, 1.54) is 16.7 Å². The second kappa shape index (κ2) is 20.6. The summed E-state index contributed by atoms with van der Waals surface area (Å²) in [4.78, 5) is 86.8. The van der Waals surface area contributed by atoms with E-state index in [-0.39, 0.29) is 29.9 Å². The Balaban J connectivity index is 0.000000253. The Labute approximate surface area is 374 Å². The number of carbonyl (C=O) groups excluding carboxylic acids is 5. The number of nitrogens with one attached hydrogen (secondary N) is 2. The number of aliphatic carboxylic acids is 1. The number of benzene rings is 2. The van der Waals surface area contributed by atoms with Crippen molar-refractivity contribution in [2.45, 2.75) is 135 Å². The number of aryl methyl sites for hydroxylation is 1. The maximum atomic E-state index is 13.3. The minimum Gasteiger partial charge on any atom is -0.480 e. The van der Waals surface area contributed by atoms with E-state index in [0.717, 1.165) is 27.9 Å². The lowest BCUT2D eigenvalue weighted by molar-refractivity contribution is -0.141. The number of hydrogen-bond acceptors (Lipinski definition) is 10. The summed E-state index contributed by atoms with van der Waals surface area (Å²) in [5.41, 5.74) is 3.25. The Morgan fingerprint density at radius 3 is 1.67 bits per heavy atom. The normalized spacial score (nSPS) is 20.3. The first kappa shape index (κ1) is 48.2. The summed E-state index contributed by atoms with van der Waals surface area (Å²) in [5.74, 6) is -2.08. The molecule has 2 fully saturated rings. The third-order valence-electron chi connectivity index (χ3n) is 10.9.